The van der Waals surface area contributed by atoms with E-state index in [0.717, 1.165) is 16.5 Å². The Morgan fingerprint density at radius 2 is 1.96 bits per heavy atom. The molecule has 0 saturated heterocycles. The lowest BCUT2D eigenvalue weighted by Crippen LogP contribution is -2.20. The van der Waals surface area contributed by atoms with Crippen LogP contribution in [0.15, 0.2) is 48.5 Å². The molecule has 0 radical (unpaired) electrons. The summed E-state index contributed by atoms with van der Waals surface area (Å²) < 4.78 is 5.37. The lowest BCUT2D eigenvalue weighted by molar-refractivity contribution is -0.118. The number of phenolic OH excluding ortho intramolecular Hbond substituents is 1. The lowest BCUT2D eigenvalue weighted by Gasteiger charge is -2.09. The minimum Gasteiger partial charge on any atom is -0.508 e. The molecule has 1 heterocycles. The van der Waals surface area contributed by atoms with Gasteiger partial charge in [0.05, 0.1) is 5.52 Å². The van der Waals surface area contributed by atoms with Gasteiger partial charge in [0.2, 0.25) is 0 Å². The van der Waals surface area contributed by atoms with Crippen molar-refractivity contribution in [3.8, 4) is 11.5 Å². The topological polar surface area (TPSA) is 71.5 Å². The fourth-order valence-electron chi connectivity index (χ4n) is 2.32. The van der Waals surface area contributed by atoms with Gasteiger partial charge in [0.25, 0.3) is 5.91 Å². The molecule has 0 saturated carbocycles. The molecule has 0 spiro atoms. The summed E-state index contributed by atoms with van der Waals surface area (Å²) in [6.45, 7) is 1.82. The number of phenols is 1. The van der Waals surface area contributed by atoms with Crippen LogP contribution in [0.5, 0.6) is 11.5 Å². The number of nitrogens with one attached hydrogen (secondary N) is 1. The van der Waals surface area contributed by atoms with Crippen molar-refractivity contribution in [2.45, 2.75) is 6.92 Å². The Hall–Kier alpha value is -2.79. The smallest absolute Gasteiger partial charge is 0.262 e. The molecule has 3 aromatic rings. The van der Waals surface area contributed by atoms with Gasteiger partial charge >= 0.3 is 0 Å². The maximum Gasteiger partial charge on any atom is 0.262 e. The Bertz CT molecular complexity index is 895. The fraction of sp³-hybridized carbons (Fsp3) is 0.111. The normalized spacial score (nSPS) is 10.6. The van der Waals surface area contributed by atoms with Crippen molar-refractivity contribution in [1.29, 1.82) is 0 Å². The number of hydrogen-bond acceptors (Lipinski definition) is 4. The molecule has 0 aliphatic heterocycles. The summed E-state index contributed by atoms with van der Waals surface area (Å²) in [5.41, 5.74) is 2.42. The summed E-state index contributed by atoms with van der Waals surface area (Å²) in [6.07, 6.45) is 0. The molecule has 1 aromatic heterocycles. The minimum absolute atomic E-state index is 0.124. The van der Waals surface area contributed by atoms with Gasteiger partial charge in [-0.15, -0.1) is 0 Å². The molecule has 0 bridgehead atoms. The van der Waals surface area contributed by atoms with Gasteiger partial charge in [0, 0.05) is 11.1 Å². The van der Waals surface area contributed by atoms with E-state index in [1.165, 1.54) is 12.1 Å². The highest BCUT2D eigenvalue weighted by molar-refractivity contribution is 6.30. The van der Waals surface area contributed by atoms with Crippen molar-refractivity contribution in [2.24, 2.45) is 0 Å². The predicted octanol–water partition coefficient (Wildman–Crippen LogP) is 3.92. The van der Waals surface area contributed by atoms with Gasteiger partial charge < -0.3 is 15.2 Å². The molecule has 6 heteroatoms. The Balaban J connectivity index is 1.67. The first-order valence-electron chi connectivity index (χ1n) is 7.30. The molecule has 3 rings (SSSR count). The molecule has 0 unspecified atom stereocenters. The fourth-order valence-corrected chi connectivity index (χ4v) is 2.57. The molecule has 2 N–H and O–H groups in total. The van der Waals surface area contributed by atoms with Gasteiger partial charge in [-0.3, -0.25) is 4.79 Å². The van der Waals surface area contributed by atoms with Crippen LogP contribution >= 0.6 is 11.6 Å². The number of hydrogen-bond donors (Lipinski definition) is 2. The highest BCUT2D eigenvalue weighted by Crippen LogP contribution is 2.23. The maximum atomic E-state index is 12.0. The number of carbonyl (C=O) groups excluding carboxylic acids is 1. The molecule has 0 aliphatic rings. The number of aryl methyl sites for hydroxylation is 1. The molecule has 5 nitrogen and oxygen atoms in total. The summed E-state index contributed by atoms with van der Waals surface area (Å²) in [5, 5.41) is 13.4. The first-order chi connectivity index (χ1) is 11.5. The number of carbonyl (C=O) groups is 1. The summed E-state index contributed by atoms with van der Waals surface area (Å²) in [6, 6.07) is 13.4. The Kier molecular flexibility index (Phi) is 4.53. The van der Waals surface area contributed by atoms with Crippen LogP contribution in [0.4, 0.5) is 5.69 Å². The zero-order valence-electron chi connectivity index (χ0n) is 12.9. The van der Waals surface area contributed by atoms with Crippen LogP contribution in [0.3, 0.4) is 0 Å². The van der Waals surface area contributed by atoms with Gasteiger partial charge in [-0.2, -0.15) is 0 Å². The van der Waals surface area contributed by atoms with Crippen molar-refractivity contribution in [3.05, 3.63) is 59.2 Å². The van der Waals surface area contributed by atoms with E-state index in [1.54, 1.807) is 24.3 Å². The third-order valence-electron chi connectivity index (χ3n) is 3.47. The van der Waals surface area contributed by atoms with Gasteiger partial charge in [-0.25, -0.2) is 4.98 Å². The monoisotopic (exact) mass is 342 g/mol. The SMILES string of the molecule is Cc1cc(Cl)nc2ccc(NC(=O)COc3ccc(O)cc3)cc12. The van der Waals surface area contributed by atoms with Gasteiger partial charge in [0.1, 0.15) is 16.7 Å². The first-order valence-corrected chi connectivity index (χ1v) is 7.67. The van der Waals surface area contributed by atoms with Crippen molar-refractivity contribution < 1.29 is 14.6 Å². The number of aromatic nitrogens is 1. The average Bonchev–Trinajstić information content (AvgIpc) is 2.55. The first kappa shape index (κ1) is 16.1. The number of fused-ring (bicyclic) bond motifs is 1. The van der Waals surface area contributed by atoms with Crippen LogP contribution in [0.2, 0.25) is 5.15 Å². The van der Waals surface area contributed by atoms with E-state index < -0.39 is 0 Å². The number of pyridine rings is 1. The number of nitrogens with zero attached hydrogens (tertiary/aromatic N) is 1. The lowest BCUT2D eigenvalue weighted by atomic mass is 10.1. The van der Waals surface area contributed by atoms with Gasteiger partial charge in [-0.05, 0) is 61.0 Å². The van der Waals surface area contributed by atoms with E-state index in [-0.39, 0.29) is 18.3 Å². The molecular formula is C18H15ClN2O3. The largest absolute Gasteiger partial charge is 0.508 e. The number of ether oxygens (including phenoxy) is 1. The molecule has 0 aliphatic carbocycles. The summed E-state index contributed by atoms with van der Waals surface area (Å²) >= 11 is 5.94. The van der Waals surface area contributed by atoms with Crippen LogP contribution in [-0.2, 0) is 4.79 Å². The van der Waals surface area contributed by atoms with Gasteiger partial charge in [-0.1, -0.05) is 11.6 Å². The predicted molar refractivity (Wildman–Crippen MR) is 93.7 cm³/mol. The standard InChI is InChI=1S/C18H15ClN2O3/c1-11-8-17(19)21-16-7-2-12(9-15(11)16)20-18(23)10-24-14-5-3-13(22)4-6-14/h2-9,22H,10H2,1H3,(H,20,23). The zero-order chi connectivity index (χ0) is 17.1. The summed E-state index contributed by atoms with van der Waals surface area (Å²) in [5.74, 6) is 0.380. The summed E-state index contributed by atoms with van der Waals surface area (Å²) in [7, 11) is 0. The second-order valence-electron chi connectivity index (χ2n) is 5.32. The number of aromatic hydroxyl groups is 1. The highest BCUT2D eigenvalue weighted by atomic mass is 35.5. The highest BCUT2D eigenvalue weighted by Gasteiger charge is 2.07. The minimum atomic E-state index is -0.276. The molecule has 122 valence electrons. The van der Waals surface area contributed by atoms with E-state index in [4.69, 9.17) is 16.3 Å². The molecular weight excluding hydrogens is 328 g/mol. The maximum absolute atomic E-state index is 12.0. The van der Waals surface area contributed by atoms with E-state index >= 15 is 0 Å². The number of amides is 1. The van der Waals surface area contributed by atoms with Crippen LogP contribution in [0.1, 0.15) is 5.56 Å². The van der Waals surface area contributed by atoms with E-state index in [0.29, 0.717) is 16.6 Å². The Morgan fingerprint density at radius 3 is 2.71 bits per heavy atom. The van der Waals surface area contributed by atoms with E-state index in [1.807, 2.05) is 19.1 Å². The van der Waals surface area contributed by atoms with Crippen LogP contribution in [0, 0.1) is 6.92 Å². The number of benzene rings is 2. The second kappa shape index (κ2) is 6.76. The summed E-state index contributed by atoms with van der Waals surface area (Å²) in [4.78, 5) is 16.3. The molecule has 24 heavy (non-hydrogen) atoms. The van der Waals surface area contributed by atoms with E-state index in [2.05, 4.69) is 10.3 Å². The third-order valence-corrected chi connectivity index (χ3v) is 3.67. The third kappa shape index (κ3) is 3.75. The van der Waals surface area contributed by atoms with Crippen LogP contribution < -0.4 is 10.1 Å². The van der Waals surface area contributed by atoms with Crippen LogP contribution in [-0.4, -0.2) is 22.6 Å². The van der Waals surface area contributed by atoms with Gasteiger partial charge in [0.15, 0.2) is 6.61 Å². The molecule has 0 atom stereocenters. The van der Waals surface area contributed by atoms with Crippen molar-refractivity contribution in [3.63, 3.8) is 0 Å². The van der Waals surface area contributed by atoms with Crippen LogP contribution in [0.25, 0.3) is 10.9 Å². The molecule has 2 aromatic carbocycles. The second-order valence-corrected chi connectivity index (χ2v) is 5.71. The quantitative estimate of drug-likeness (QED) is 0.705. The zero-order valence-corrected chi connectivity index (χ0v) is 13.7. The van der Waals surface area contributed by atoms with E-state index in [9.17, 15) is 9.90 Å². The number of rotatable bonds is 4. The van der Waals surface area contributed by atoms with Crippen molar-refractivity contribution in [1.82, 2.24) is 4.98 Å². The van der Waals surface area contributed by atoms with Crippen molar-refractivity contribution >= 4 is 34.1 Å². The number of anilines is 1. The average molecular weight is 343 g/mol. The molecule has 0 fully saturated rings. The Morgan fingerprint density at radius 1 is 1.21 bits per heavy atom. The number of halogens is 1. The Labute approximate surface area is 143 Å². The molecule has 1 amide bonds. The van der Waals surface area contributed by atoms with Crippen molar-refractivity contribution in [2.75, 3.05) is 11.9 Å².